The van der Waals surface area contributed by atoms with E-state index in [2.05, 4.69) is 13.8 Å². The van der Waals surface area contributed by atoms with Gasteiger partial charge in [-0.2, -0.15) is 0 Å². The second-order valence-corrected chi connectivity index (χ2v) is 5.42. The Morgan fingerprint density at radius 2 is 2.00 bits per heavy atom. The summed E-state index contributed by atoms with van der Waals surface area (Å²) in [5.41, 5.74) is 1.19. The van der Waals surface area contributed by atoms with Crippen LogP contribution < -0.4 is 4.74 Å². The molecule has 0 fully saturated rings. The average molecular weight is 279 g/mol. The van der Waals surface area contributed by atoms with Crippen LogP contribution in [0.25, 0.3) is 0 Å². The van der Waals surface area contributed by atoms with Crippen molar-refractivity contribution in [3.05, 3.63) is 29.8 Å². The van der Waals surface area contributed by atoms with Crippen LogP contribution in [-0.4, -0.2) is 41.7 Å². The molecule has 0 saturated heterocycles. The Kier molecular flexibility index (Phi) is 6.52. The number of carbonyl (C=O) groups excluding carboxylic acids is 1. The molecular formula is C16H25NO3. The first-order valence-electron chi connectivity index (χ1n) is 7.08. The highest BCUT2D eigenvalue weighted by Gasteiger charge is 2.16. The molecule has 0 radical (unpaired) electrons. The molecule has 0 unspecified atom stereocenters. The normalized spacial score (nSPS) is 10.9. The van der Waals surface area contributed by atoms with Crippen LogP contribution in [0.15, 0.2) is 24.3 Å². The number of hydrogen-bond acceptors (Lipinski definition) is 3. The molecule has 0 aliphatic rings. The van der Waals surface area contributed by atoms with E-state index in [1.165, 1.54) is 5.56 Å². The Balaban J connectivity index is 2.61. The van der Waals surface area contributed by atoms with Crippen LogP contribution in [0.1, 0.15) is 39.2 Å². The molecule has 0 aromatic heterocycles. The van der Waals surface area contributed by atoms with Gasteiger partial charge < -0.3 is 14.7 Å². The minimum atomic E-state index is -0.107. The van der Waals surface area contributed by atoms with Crippen molar-refractivity contribution < 1.29 is 14.6 Å². The summed E-state index contributed by atoms with van der Waals surface area (Å²) < 4.78 is 5.56. The molecule has 1 N–H and O–H groups in total. The number of hydrogen-bond donors (Lipinski definition) is 1. The lowest BCUT2D eigenvalue weighted by Gasteiger charge is -2.25. The lowest BCUT2D eigenvalue weighted by molar-refractivity contribution is -0.135. The van der Waals surface area contributed by atoms with Gasteiger partial charge in [0.1, 0.15) is 5.75 Å². The van der Waals surface area contributed by atoms with Gasteiger partial charge in [0.2, 0.25) is 0 Å². The Labute approximate surface area is 121 Å². The summed E-state index contributed by atoms with van der Waals surface area (Å²) in [7, 11) is 0. The van der Waals surface area contributed by atoms with E-state index in [1.807, 2.05) is 38.1 Å². The van der Waals surface area contributed by atoms with Crippen molar-refractivity contribution in [2.75, 3.05) is 19.8 Å². The van der Waals surface area contributed by atoms with Crippen molar-refractivity contribution >= 4 is 5.91 Å². The number of aliphatic hydroxyl groups excluding tert-OH is 1. The van der Waals surface area contributed by atoms with Gasteiger partial charge in [-0.3, -0.25) is 4.79 Å². The van der Waals surface area contributed by atoms with Gasteiger partial charge in [0.15, 0.2) is 6.61 Å². The molecule has 0 spiro atoms. The minimum Gasteiger partial charge on any atom is -0.484 e. The zero-order chi connectivity index (χ0) is 15.1. The first-order chi connectivity index (χ1) is 9.45. The van der Waals surface area contributed by atoms with E-state index in [9.17, 15) is 4.79 Å². The predicted molar refractivity (Wildman–Crippen MR) is 80.0 cm³/mol. The third kappa shape index (κ3) is 4.85. The maximum atomic E-state index is 12.1. The maximum Gasteiger partial charge on any atom is 0.260 e. The first-order valence-corrected chi connectivity index (χ1v) is 7.08. The number of carbonyl (C=O) groups is 1. The van der Waals surface area contributed by atoms with Gasteiger partial charge in [-0.1, -0.05) is 26.0 Å². The third-order valence-corrected chi connectivity index (χ3v) is 3.17. The van der Waals surface area contributed by atoms with Crippen molar-refractivity contribution in [2.45, 2.75) is 39.7 Å². The molecule has 20 heavy (non-hydrogen) atoms. The molecular weight excluding hydrogens is 254 g/mol. The highest BCUT2D eigenvalue weighted by atomic mass is 16.5. The summed E-state index contributed by atoms with van der Waals surface area (Å²) in [6.07, 6.45) is 0. The standard InChI is InChI=1S/C16H25NO3/c1-12(2)14-6-5-7-15(10-14)20-11-16(19)17(8-9-18)13(3)4/h5-7,10,12-13,18H,8-9,11H2,1-4H3. The molecule has 0 heterocycles. The Morgan fingerprint density at radius 3 is 2.55 bits per heavy atom. The quantitative estimate of drug-likeness (QED) is 0.834. The molecule has 1 amide bonds. The molecule has 1 rings (SSSR count). The van der Waals surface area contributed by atoms with Gasteiger partial charge in [-0.05, 0) is 37.5 Å². The molecule has 0 saturated carbocycles. The van der Waals surface area contributed by atoms with Gasteiger partial charge in [0, 0.05) is 12.6 Å². The number of nitrogens with zero attached hydrogens (tertiary/aromatic N) is 1. The number of amides is 1. The third-order valence-electron chi connectivity index (χ3n) is 3.17. The van der Waals surface area contributed by atoms with Crippen molar-refractivity contribution in [2.24, 2.45) is 0 Å². The molecule has 112 valence electrons. The molecule has 1 aromatic carbocycles. The van der Waals surface area contributed by atoms with Crippen LogP contribution in [0.3, 0.4) is 0 Å². The largest absolute Gasteiger partial charge is 0.484 e. The highest BCUT2D eigenvalue weighted by Crippen LogP contribution is 2.20. The van der Waals surface area contributed by atoms with E-state index in [0.717, 1.165) is 0 Å². The first kappa shape index (κ1) is 16.5. The minimum absolute atomic E-state index is 0.000269. The summed E-state index contributed by atoms with van der Waals surface area (Å²) in [4.78, 5) is 13.7. The van der Waals surface area contributed by atoms with Crippen LogP contribution in [0.4, 0.5) is 0 Å². The second kappa shape index (κ2) is 7.90. The van der Waals surface area contributed by atoms with Crippen LogP contribution in [0.5, 0.6) is 5.75 Å². The highest BCUT2D eigenvalue weighted by molar-refractivity contribution is 5.78. The van der Waals surface area contributed by atoms with Crippen molar-refractivity contribution in [3.63, 3.8) is 0 Å². The van der Waals surface area contributed by atoms with E-state index in [4.69, 9.17) is 9.84 Å². The Hall–Kier alpha value is -1.55. The van der Waals surface area contributed by atoms with E-state index < -0.39 is 0 Å². The summed E-state index contributed by atoms with van der Waals surface area (Å²) in [6, 6.07) is 7.85. The maximum absolute atomic E-state index is 12.1. The summed E-state index contributed by atoms with van der Waals surface area (Å²) in [5, 5.41) is 8.98. The van der Waals surface area contributed by atoms with Gasteiger partial charge in [-0.25, -0.2) is 0 Å². The van der Waals surface area contributed by atoms with Crippen LogP contribution in [0, 0.1) is 0 Å². The second-order valence-electron chi connectivity index (χ2n) is 5.42. The van der Waals surface area contributed by atoms with E-state index in [-0.39, 0.29) is 25.2 Å². The fourth-order valence-corrected chi connectivity index (χ4v) is 1.97. The smallest absolute Gasteiger partial charge is 0.260 e. The van der Waals surface area contributed by atoms with Gasteiger partial charge in [-0.15, -0.1) is 0 Å². The lowest BCUT2D eigenvalue weighted by Crippen LogP contribution is -2.41. The fraction of sp³-hybridized carbons (Fsp3) is 0.562. The lowest BCUT2D eigenvalue weighted by atomic mass is 10.0. The van der Waals surface area contributed by atoms with E-state index in [1.54, 1.807) is 4.90 Å². The zero-order valence-electron chi connectivity index (χ0n) is 12.8. The molecule has 0 atom stereocenters. The number of ether oxygens (including phenoxy) is 1. The summed E-state index contributed by atoms with van der Waals surface area (Å²) >= 11 is 0. The molecule has 0 aliphatic carbocycles. The number of aliphatic hydroxyl groups is 1. The predicted octanol–water partition coefficient (Wildman–Crippen LogP) is 2.42. The summed E-state index contributed by atoms with van der Waals surface area (Å²) in [6.45, 7) is 8.39. The van der Waals surface area contributed by atoms with Crippen LogP contribution >= 0.6 is 0 Å². The zero-order valence-corrected chi connectivity index (χ0v) is 12.8. The Morgan fingerprint density at radius 1 is 1.30 bits per heavy atom. The molecule has 4 heteroatoms. The van der Waals surface area contributed by atoms with Crippen molar-refractivity contribution in [1.82, 2.24) is 4.90 Å². The number of benzene rings is 1. The van der Waals surface area contributed by atoms with Gasteiger partial charge in [0.25, 0.3) is 5.91 Å². The van der Waals surface area contributed by atoms with E-state index in [0.29, 0.717) is 18.2 Å². The molecule has 4 nitrogen and oxygen atoms in total. The van der Waals surface area contributed by atoms with E-state index >= 15 is 0 Å². The van der Waals surface area contributed by atoms with Gasteiger partial charge in [0.05, 0.1) is 6.61 Å². The van der Waals surface area contributed by atoms with Crippen molar-refractivity contribution in [1.29, 1.82) is 0 Å². The average Bonchev–Trinajstić information content (AvgIpc) is 2.42. The number of rotatable bonds is 7. The molecule has 1 aromatic rings. The topological polar surface area (TPSA) is 49.8 Å². The fourth-order valence-electron chi connectivity index (χ4n) is 1.97. The Bertz CT molecular complexity index is 429. The van der Waals surface area contributed by atoms with Gasteiger partial charge >= 0.3 is 0 Å². The summed E-state index contributed by atoms with van der Waals surface area (Å²) in [5.74, 6) is 1.03. The van der Waals surface area contributed by atoms with Crippen LogP contribution in [-0.2, 0) is 4.79 Å². The molecule has 0 bridgehead atoms. The monoisotopic (exact) mass is 279 g/mol. The SMILES string of the molecule is CC(C)c1cccc(OCC(=O)N(CCO)C(C)C)c1. The van der Waals surface area contributed by atoms with Crippen molar-refractivity contribution in [3.8, 4) is 5.75 Å². The molecule has 0 aliphatic heterocycles. The van der Waals surface area contributed by atoms with Crippen LogP contribution in [0.2, 0.25) is 0 Å².